The average molecular weight is 229 g/mol. The molecule has 1 saturated heterocycles. The second kappa shape index (κ2) is 4.79. The molecule has 1 aliphatic heterocycles. The van der Waals surface area contributed by atoms with Crippen molar-refractivity contribution in [2.45, 2.75) is 12.8 Å². The van der Waals surface area contributed by atoms with Gasteiger partial charge in [-0.3, -0.25) is 0 Å². The predicted molar refractivity (Wildman–Crippen MR) is 64.1 cm³/mol. The number of hydrogen-bond donors (Lipinski definition) is 2. The highest BCUT2D eigenvalue weighted by atomic mass is 19.1. The zero-order valence-corrected chi connectivity index (χ0v) is 9.26. The molecule has 0 aromatic heterocycles. The highest BCUT2D eigenvalue weighted by Gasteiger charge is 2.15. The zero-order chi connectivity index (χ0) is 12.3. The molecule has 0 amide bonds. The molecule has 17 heavy (non-hydrogen) atoms. The Morgan fingerprint density at radius 1 is 1.53 bits per heavy atom. The standard InChI is InChI=1S/C13H12FN3/c14-12-6-9(7-15)3-4-10(12)11(8-16)13-2-1-5-17-13/h3-4,6,8,16-17H,1-2,5H2/b13-11+,16-8?. The Labute approximate surface area is 99.1 Å². The molecule has 1 fully saturated rings. The van der Waals surface area contributed by atoms with Crippen molar-refractivity contribution >= 4 is 11.8 Å². The van der Waals surface area contributed by atoms with Crippen LogP contribution in [0.25, 0.3) is 5.57 Å². The number of nitrogens with one attached hydrogen (secondary N) is 2. The monoisotopic (exact) mass is 229 g/mol. The van der Waals surface area contributed by atoms with Crippen LogP contribution in [-0.4, -0.2) is 12.8 Å². The molecule has 0 atom stereocenters. The molecule has 1 heterocycles. The molecule has 1 aromatic rings. The number of nitriles is 1. The zero-order valence-electron chi connectivity index (χ0n) is 9.26. The van der Waals surface area contributed by atoms with Crippen molar-refractivity contribution < 1.29 is 4.39 Å². The van der Waals surface area contributed by atoms with Crippen LogP contribution < -0.4 is 5.32 Å². The minimum Gasteiger partial charge on any atom is -0.388 e. The first-order chi connectivity index (χ1) is 8.26. The highest BCUT2D eigenvalue weighted by Crippen LogP contribution is 2.24. The van der Waals surface area contributed by atoms with Gasteiger partial charge in [0.2, 0.25) is 0 Å². The lowest BCUT2D eigenvalue weighted by molar-refractivity contribution is 0.623. The first-order valence-corrected chi connectivity index (χ1v) is 5.44. The van der Waals surface area contributed by atoms with Crippen molar-refractivity contribution in [3.63, 3.8) is 0 Å². The largest absolute Gasteiger partial charge is 0.388 e. The van der Waals surface area contributed by atoms with Gasteiger partial charge in [-0.1, -0.05) is 6.07 Å². The fraction of sp³-hybridized carbons (Fsp3) is 0.231. The quantitative estimate of drug-likeness (QED) is 0.765. The lowest BCUT2D eigenvalue weighted by atomic mass is 10.0. The summed E-state index contributed by atoms with van der Waals surface area (Å²) < 4.78 is 13.8. The van der Waals surface area contributed by atoms with E-state index in [9.17, 15) is 4.39 Å². The van der Waals surface area contributed by atoms with Crippen LogP contribution in [0, 0.1) is 22.6 Å². The number of hydrogen-bond acceptors (Lipinski definition) is 3. The Kier molecular flexibility index (Phi) is 3.20. The van der Waals surface area contributed by atoms with Gasteiger partial charge in [0.25, 0.3) is 0 Å². The molecule has 0 spiro atoms. The van der Waals surface area contributed by atoms with Gasteiger partial charge in [-0.05, 0) is 25.0 Å². The molecule has 4 heteroatoms. The van der Waals surface area contributed by atoms with Crippen LogP contribution in [0.2, 0.25) is 0 Å². The molecule has 1 aliphatic rings. The summed E-state index contributed by atoms with van der Waals surface area (Å²) in [6.45, 7) is 0.866. The fourth-order valence-electron chi connectivity index (χ4n) is 1.95. The molecule has 2 N–H and O–H groups in total. The van der Waals surface area contributed by atoms with Crippen molar-refractivity contribution in [3.05, 3.63) is 40.8 Å². The molecular formula is C13H12FN3. The van der Waals surface area contributed by atoms with E-state index in [0.717, 1.165) is 31.3 Å². The van der Waals surface area contributed by atoms with E-state index in [1.807, 2.05) is 6.07 Å². The molecule has 0 radical (unpaired) electrons. The van der Waals surface area contributed by atoms with E-state index in [-0.39, 0.29) is 0 Å². The minimum atomic E-state index is -0.455. The molecule has 2 rings (SSSR count). The Balaban J connectivity index is 2.49. The Hall–Kier alpha value is -2.15. The van der Waals surface area contributed by atoms with Crippen molar-refractivity contribution in [1.29, 1.82) is 10.7 Å². The van der Waals surface area contributed by atoms with Crippen LogP contribution in [-0.2, 0) is 0 Å². The van der Waals surface area contributed by atoms with Gasteiger partial charge in [-0.15, -0.1) is 0 Å². The van der Waals surface area contributed by atoms with E-state index < -0.39 is 5.82 Å². The summed E-state index contributed by atoms with van der Waals surface area (Å²) in [7, 11) is 0. The molecule has 1 aromatic carbocycles. The third kappa shape index (κ3) is 2.18. The first kappa shape index (κ1) is 11.3. The Bertz CT molecular complexity index is 518. The molecular weight excluding hydrogens is 217 g/mol. The van der Waals surface area contributed by atoms with Crippen molar-refractivity contribution in [1.82, 2.24) is 5.32 Å². The highest BCUT2D eigenvalue weighted by molar-refractivity contribution is 6.09. The summed E-state index contributed by atoms with van der Waals surface area (Å²) in [5, 5.41) is 19.2. The number of rotatable bonds is 2. The first-order valence-electron chi connectivity index (χ1n) is 5.44. The fourth-order valence-corrected chi connectivity index (χ4v) is 1.95. The van der Waals surface area contributed by atoms with E-state index in [1.54, 1.807) is 12.1 Å². The lowest BCUT2D eigenvalue weighted by Crippen LogP contribution is -2.08. The second-order valence-electron chi connectivity index (χ2n) is 3.87. The maximum absolute atomic E-state index is 13.8. The summed E-state index contributed by atoms with van der Waals surface area (Å²) >= 11 is 0. The van der Waals surface area contributed by atoms with E-state index >= 15 is 0 Å². The number of halogens is 1. The van der Waals surface area contributed by atoms with Crippen LogP contribution in [0.3, 0.4) is 0 Å². The molecule has 86 valence electrons. The van der Waals surface area contributed by atoms with Crippen LogP contribution in [0.15, 0.2) is 23.9 Å². The van der Waals surface area contributed by atoms with Crippen LogP contribution in [0.1, 0.15) is 24.0 Å². The number of nitrogens with zero attached hydrogens (tertiary/aromatic N) is 1. The van der Waals surface area contributed by atoms with E-state index in [1.165, 1.54) is 6.07 Å². The molecule has 0 unspecified atom stereocenters. The maximum Gasteiger partial charge on any atom is 0.132 e. The van der Waals surface area contributed by atoms with Crippen molar-refractivity contribution in [2.24, 2.45) is 0 Å². The SMILES string of the molecule is N#Cc1ccc(/C(C=N)=C2\CCCN2)c(F)c1. The summed E-state index contributed by atoms with van der Waals surface area (Å²) in [6.07, 6.45) is 3.01. The van der Waals surface area contributed by atoms with Crippen molar-refractivity contribution in [3.8, 4) is 6.07 Å². The average Bonchev–Trinajstić information content (AvgIpc) is 2.85. The van der Waals surface area contributed by atoms with Crippen LogP contribution in [0.4, 0.5) is 4.39 Å². The third-order valence-corrected chi connectivity index (χ3v) is 2.80. The Morgan fingerprint density at radius 3 is 2.88 bits per heavy atom. The number of allylic oxidation sites excluding steroid dienone is 2. The van der Waals surface area contributed by atoms with Gasteiger partial charge in [-0.25, -0.2) is 4.39 Å². The van der Waals surface area contributed by atoms with Gasteiger partial charge >= 0.3 is 0 Å². The summed E-state index contributed by atoms with van der Waals surface area (Å²) in [5.74, 6) is -0.455. The van der Waals surface area contributed by atoms with E-state index in [0.29, 0.717) is 16.7 Å². The van der Waals surface area contributed by atoms with E-state index in [2.05, 4.69) is 5.32 Å². The number of benzene rings is 1. The van der Waals surface area contributed by atoms with Gasteiger partial charge in [0.15, 0.2) is 0 Å². The maximum atomic E-state index is 13.8. The molecule has 0 bridgehead atoms. The van der Waals surface area contributed by atoms with Gasteiger partial charge in [-0.2, -0.15) is 5.26 Å². The summed E-state index contributed by atoms with van der Waals surface area (Å²) in [5.41, 5.74) is 2.15. The lowest BCUT2D eigenvalue weighted by Gasteiger charge is -2.08. The van der Waals surface area contributed by atoms with Crippen LogP contribution in [0.5, 0.6) is 0 Å². The minimum absolute atomic E-state index is 0.292. The Morgan fingerprint density at radius 2 is 2.35 bits per heavy atom. The second-order valence-corrected chi connectivity index (χ2v) is 3.87. The topological polar surface area (TPSA) is 59.7 Å². The normalized spacial score (nSPS) is 17.2. The van der Waals surface area contributed by atoms with Crippen molar-refractivity contribution in [2.75, 3.05) is 6.54 Å². The third-order valence-electron chi connectivity index (χ3n) is 2.80. The van der Waals surface area contributed by atoms with Gasteiger partial charge in [0, 0.05) is 29.6 Å². The molecule has 0 aliphatic carbocycles. The van der Waals surface area contributed by atoms with E-state index in [4.69, 9.17) is 10.7 Å². The van der Waals surface area contributed by atoms with Gasteiger partial charge in [0.05, 0.1) is 11.6 Å². The smallest absolute Gasteiger partial charge is 0.132 e. The predicted octanol–water partition coefficient (Wildman–Crippen LogP) is 2.44. The van der Waals surface area contributed by atoms with Gasteiger partial charge < -0.3 is 10.7 Å². The van der Waals surface area contributed by atoms with Gasteiger partial charge in [0.1, 0.15) is 5.82 Å². The molecule has 3 nitrogen and oxygen atoms in total. The van der Waals surface area contributed by atoms with Crippen LogP contribution >= 0.6 is 0 Å². The summed E-state index contributed by atoms with van der Waals surface area (Å²) in [4.78, 5) is 0. The molecule has 0 saturated carbocycles. The summed E-state index contributed by atoms with van der Waals surface area (Å²) in [6, 6.07) is 6.22.